The van der Waals surface area contributed by atoms with E-state index >= 15 is 0 Å². The summed E-state index contributed by atoms with van der Waals surface area (Å²) in [4.78, 5) is 13.9. The van der Waals surface area contributed by atoms with E-state index < -0.39 is 0 Å². The Balaban J connectivity index is 2.02. The van der Waals surface area contributed by atoms with Crippen molar-refractivity contribution in [2.45, 2.75) is 32.5 Å². The molecule has 0 bridgehead atoms. The molecule has 2 atom stereocenters. The zero-order valence-corrected chi connectivity index (χ0v) is 11.6. The summed E-state index contributed by atoms with van der Waals surface area (Å²) in [7, 11) is 0. The molecule has 1 aliphatic rings. The van der Waals surface area contributed by atoms with Gasteiger partial charge in [0, 0.05) is 13.1 Å². The molecule has 1 fully saturated rings. The van der Waals surface area contributed by atoms with E-state index in [0.29, 0.717) is 13.1 Å². The third kappa shape index (κ3) is 3.70. The predicted molar refractivity (Wildman–Crippen MR) is 75.0 cm³/mol. The lowest BCUT2D eigenvalue weighted by Crippen LogP contribution is -2.50. The first-order valence-corrected chi connectivity index (χ1v) is 6.94. The lowest BCUT2D eigenvalue weighted by molar-refractivity contribution is -0.0656. The predicted octanol–water partition coefficient (Wildman–Crippen LogP) is 2.57. The van der Waals surface area contributed by atoms with Crippen LogP contribution in [0, 0.1) is 0 Å². The van der Waals surface area contributed by atoms with Crippen LogP contribution < -0.4 is 5.32 Å². The first kappa shape index (κ1) is 13.9. The van der Waals surface area contributed by atoms with Gasteiger partial charge in [0.15, 0.2) is 0 Å². The quantitative estimate of drug-likeness (QED) is 0.909. The standard InChI is InChI=1S/C15H22N2O2/c1-3-9-16-15(18)17-10-12(2)19-14(11-17)13-7-5-4-6-8-13/h4-8,12,14H,3,9-11H2,1-2H3,(H,16,18). The fraction of sp³-hybridized carbons (Fsp3) is 0.533. The van der Waals surface area contributed by atoms with Crippen molar-refractivity contribution in [1.29, 1.82) is 0 Å². The maximum Gasteiger partial charge on any atom is 0.317 e. The van der Waals surface area contributed by atoms with Crippen LogP contribution in [0.25, 0.3) is 0 Å². The zero-order valence-electron chi connectivity index (χ0n) is 11.6. The van der Waals surface area contributed by atoms with Crippen molar-refractivity contribution in [3.8, 4) is 0 Å². The van der Waals surface area contributed by atoms with Gasteiger partial charge in [-0.05, 0) is 18.9 Å². The van der Waals surface area contributed by atoms with Crippen molar-refractivity contribution >= 4 is 6.03 Å². The number of morpholine rings is 1. The van der Waals surface area contributed by atoms with Gasteiger partial charge in [-0.1, -0.05) is 37.3 Å². The minimum absolute atomic E-state index is 0.0120. The third-order valence-electron chi connectivity index (χ3n) is 3.25. The van der Waals surface area contributed by atoms with Gasteiger partial charge in [0.05, 0.1) is 12.6 Å². The molecule has 1 aliphatic heterocycles. The van der Waals surface area contributed by atoms with Crippen LogP contribution in [0.3, 0.4) is 0 Å². The molecule has 1 aromatic carbocycles. The molecule has 0 radical (unpaired) electrons. The molecule has 1 saturated heterocycles. The summed E-state index contributed by atoms with van der Waals surface area (Å²) < 4.78 is 5.94. The van der Waals surface area contributed by atoms with Crippen molar-refractivity contribution in [2.75, 3.05) is 19.6 Å². The van der Waals surface area contributed by atoms with Crippen LogP contribution in [0.15, 0.2) is 30.3 Å². The van der Waals surface area contributed by atoms with Gasteiger partial charge in [0.2, 0.25) is 0 Å². The number of rotatable bonds is 3. The molecule has 104 valence electrons. The van der Waals surface area contributed by atoms with Crippen LogP contribution in [0.1, 0.15) is 31.9 Å². The van der Waals surface area contributed by atoms with Gasteiger partial charge in [-0.25, -0.2) is 4.79 Å². The van der Waals surface area contributed by atoms with E-state index in [2.05, 4.69) is 12.2 Å². The summed E-state index contributed by atoms with van der Waals surface area (Å²) in [5, 5.41) is 2.93. The Morgan fingerprint density at radius 1 is 1.37 bits per heavy atom. The SMILES string of the molecule is CCCNC(=O)N1CC(C)OC(c2ccccc2)C1. The topological polar surface area (TPSA) is 41.6 Å². The summed E-state index contributed by atoms with van der Waals surface area (Å²) in [6.45, 7) is 6.05. The lowest BCUT2D eigenvalue weighted by Gasteiger charge is -2.37. The highest BCUT2D eigenvalue weighted by Crippen LogP contribution is 2.24. The minimum atomic E-state index is -0.0303. The molecule has 2 rings (SSSR count). The van der Waals surface area contributed by atoms with Crippen LogP contribution >= 0.6 is 0 Å². The van der Waals surface area contributed by atoms with Crippen molar-refractivity contribution in [3.63, 3.8) is 0 Å². The van der Waals surface area contributed by atoms with Crippen LogP contribution in [0.4, 0.5) is 4.79 Å². The number of ether oxygens (including phenoxy) is 1. The molecule has 1 aromatic rings. The van der Waals surface area contributed by atoms with Crippen molar-refractivity contribution < 1.29 is 9.53 Å². The van der Waals surface area contributed by atoms with E-state index in [1.165, 1.54) is 0 Å². The van der Waals surface area contributed by atoms with Gasteiger partial charge < -0.3 is 15.0 Å². The third-order valence-corrected chi connectivity index (χ3v) is 3.25. The largest absolute Gasteiger partial charge is 0.367 e. The van der Waals surface area contributed by atoms with Crippen LogP contribution in [-0.2, 0) is 4.74 Å². The van der Waals surface area contributed by atoms with Gasteiger partial charge >= 0.3 is 6.03 Å². The number of hydrogen-bond acceptors (Lipinski definition) is 2. The number of hydrogen-bond donors (Lipinski definition) is 1. The molecule has 19 heavy (non-hydrogen) atoms. The molecular formula is C15H22N2O2. The van der Waals surface area contributed by atoms with E-state index in [9.17, 15) is 4.79 Å². The molecule has 0 spiro atoms. The van der Waals surface area contributed by atoms with Gasteiger partial charge in [-0.3, -0.25) is 0 Å². The van der Waals surface area contributed by atoms with E-state index in [1.54, 1.807) is 0 Å². The summed E-state index contributed by atoms with van der Waals surface area (Å²) in [6.07, 6.45) is 0.983. The van der Waals surface area contributed by atoms with Crippen LogP contribution in [0.2, 0.25) is 0 Å². The number of nitrogens with zero attached hydrogens (tertiary/aromatic N) is 1. The molecule has 0 aromatic heterocycles. The molecule has 2 amide bonds. The Hall–Kier alpha value is -1.55. The number of nitrogens with one attached hydrogen (secondary N) is 1. The molecule has 4 heteroatoms. The molecule has 1 heterocycles. The normalized spacial score (nSPS) is 23.2. The molecule has 4 nitrogen and oxygen atoms in total. The summed E-state index contributed by atoms with van der Waals surface area (Å²) in [6, 6.07) is 10.1. The number of benzene rings is 1. The maximum atomic E-state index is 12.0. The molecular weight excluding hydrogens is 240 g/mol. The van der Waals surface area contributed by atoms with E-state index in [1.807, 2.05) is 42.2 Å². The Morgan fingerprint density at radius 3 is 2.79 bits per heavy atom. The molecule has 2 unspecified atom stereocenters. The maximum absolute atomic E-state index is 12.0. The Morgan fingerprint density at radius 2 is 2.11 bits per heavy atom. The number of carbonyl (C=O) groups excluding carboxylic acids is 1. The summed E-state index contributed by atoms with van der Waals surface area (Å²) >= 11 is 0. The van der Waals surface area contributed by atoms with Crippen molar-refractivity contribution in [2.24, 2.45) is 0 Å². The highest BCUT2D eigenvalue weighted by molar-refractivity contribution is 5.74. The van der Waals surface area contributed by atoms with Gasteiger partial charge in [0.25, 0.3) is 0 Å². The lowest BCUT2D eigenvalue weighted by atomic mass is 10.1. The monoisotopic (exact) mass is 262 g/mol. The second kappa shape index (κ2) is 6.57. The van der Waals surface area contributed by atoms with Gasteiger partial charge in [-0.2, -0.15) is 0 Å². The average molecular weight is 262 g/mol. The summed E-state index contributed by atoms with van der Waals surface area (Å²) in [5.74, 6) is 0. The second-order valence-electron chi connectivity index (χ2n) is 4.98. The first-order valence-electron chi connectivity index (χ1n) is 6.94. The fourth-order valence-electron chi connectivity index (χ4n) is 2.31. The Bertz CT molecular complexity index is 408. The Labute approximate surface area is 114 Å². The highest BCUT2D eigenvalue weighted by atomic mass is 16.5. The second-order valence-corrected chi connectivity index (χ2v) is 4.98. The minimum Gasteiger partial charge on any atom is -0.367 e. The van der Waals surface area contributed by atoms with E-state index in [-0.39, 0.29) is 18.2 Å². The average Bonchev–Trinajstić information content (AvgIpc) is 2.45. The Kier molecular flexibility index (Phi) is 4.80. The molecule has 0 saturated carbocycles. The summed E-state index contributed by atoms with van der Waals surface area (Å²) in [5.41, 5.74) is 1.13. The van der Waals surface area contributed by atoms with E-state index in [0.717, 1.165) is 18.5 Å². The van der Waals surface area contributed by atoms with Gasteiger partial charge in [-0.15, -0.1) is 0 Å². The van der Waals surface area contributed by atoms with Gasteiger partial charge in [0.1, 0.15) is 6.10 Å². The molecule has 0 aliphatic carbocycles. The highest BCUT2D eigenvalue weighted by Gasteiger charge is 2.28. The zero-order chi connectivity index (χ0) is 13.7. The van der Waals surface area contributed by atoms with E-state index in [4.69, 9.17) is 4.74 Å². The molecule has 1 N–H and O–H groups in total. The number of amides is 2. The van der Waals surface area contributed by atoms with Crippen LogP contribution in [0.5, 0.6) is 0 Å². The smallest absolute Gasteiger partial charge is 0.317 e. The fourth-order valence-corrected chi connectivity index (χ4v) is 2.31. The van der Waals surface area contributed by atoms with Crippen LogP contribution in [-0.4, -0.2) is 36.7 Å². The first-order chi connectivity index (χ1) is 9.20. The van der Waals surface area contributed by atoms with Crippen molar-refractivity contribution in [3.05, 3.63) is 35.9 Å². The number of carbonyl (C=O) groups is 1. The van der Waals surface area contributed by atoms with Crippen molar-refractivity contribution in [1.82, 2.24) is 10.2 Å². The number of urea groups is 1.